The van der Waals surface area contributed by atoms with Gasteiger partial charge in [-0.15, -0.1) is 0 Å². The number of nitrogens with zero attached hydrogens (tertiary/aromatic N) is 1. The summed E-state index contributed by atoms with van der Waals surface area (Å²) in [6.07, 6.45) is 1.76. The summed E-state index contributed by atoms with van der Waals surface area (Å²) in [6, 6.07) is 3.79. The maximum atomic E-state index is 4.67. The van der Waals surface area contributed by atoms with Crippen molar-refractivity contribution in [1.82, 2.24) is 4.98 Å². The number of rotatable bonds is 1. The number of aromatic nitrogens is 1. The molecule has 1 N–H and O–H groups in total. The van der Waals surface area contributed by atoms with Crippen molar-refractivity contribution in [2.45, 2.75) is 6.92 Å². The molecule has 2 nitrogen and oxygen atoms in total. The lowest BCUT2D eigenvalue weighted by Gasteiger charge is -2.07. The van der Waals surface area contributed by atoms with Crippen LogP contribution in [-0.4, -0.2) is 9.30 Å². The number of thiocarbonyl (C=S) groups is 1. The Balaban J connectivity index is 2.74. The molecule has 0 aromatic carbocycles. The van der Waals surface area contributed by atoms with Crippen LogP contribution in [0.2, 0.25) is 0 Å². The van der Waals surface area contributed by atoms with Crippen LogP contribution in [-0.2, 0) is 12.6 Å². The van der Waals surface area contributed by atoms with Gasteiger partial charge in [-0.25, -0.2) is 4.98 Å². The first-order valence-electron chi connectivity index (χ1n) is 3.09. The SMILES string of the molecule is Cc1ccc(NC(=S)[S-])nc1. The monoisotopic (exact) mass is 183 g/mol. The summed E-state index contributed by atoms with van der Waals surface area (Å²) in [4.78, 5) is 4.05. The van der Waals surface area contributed by atoms with E-state index < -0.39 is 0 Å². The second-order valence-electron chi connectivity index (χ2n) is 2.13. The van der Waals surface area contributed by atoms with Crippen molar-refractivity contribution in [3.8, 4) is 0 Å². The molecule has 0 aliphatic carbocycles. The molecule has 0 atom stereocenters. The van der Waals surface area contributed by atoms with Crippen molar-refractivity contribution >= 4 is 35.0 Å². The Hall–Kier alpha value is -0.740. The summed E-state index contributed by atoms with van der Waals surface area (Å²) in [5.74, 6) is 0.704. The highest BCUT2D eigenvalue weighted by Gasteiger charge is 1.88. The van der Waals surface area contributed by atoms with Crippen LogP contribution in [0.1, 0.15) is 5.56 Å². The van der Waals surface area contributed by atoms with Crippen LogP contribution in [0.4, 0.5) is 5.82 Å². The van der Waals surface area contributed by atoms with E-state index in [0.717, 1.165) is 5.56 Å². The molecule has 0 amide bonds. The van der Waals surface area contributed by atoms with Gasteiger partial charge in [0.25, 0.3) is 0 Å². The maximum Gasteiger partial charge on any atom is 0.128 e. The minimum atomic E-state index is 0.321. The third-order valence-electron chi connectivity index (χ3n) is 1.14. The molecule has 0 aliphatic rings. The van der Waals surface area contributed by atoms with Crippen molar-refractivity contribution in [1.29, 1.82) is 0 Å². The van der Waals surface area contributed by atoms with Gasteiger partial charge in [-0.1, -0.05) is 10.4 Å². The van der Waals surface area contributed by atoms with Crippen molar-refractivity contribution in [2.75, 3.05) is 5.32 Å². The van der Waals surface area contributed by atoms with E-state index in [1.165, 1.54) is 0 Å². The van der Waals surface area contributed by atoms with Crippen molar-refractivity contribution in [3.63, 3.8) is 0 Å². The second-order valence-corrected chi connectivity index (χ2v) is 3.21. The molecule has 1 aromatic rings. The van der Waals surface area contributed by atoms with Gasteiger partial charge in [0.05, 0.1) is 0 Å². The zero-order valence-electron chi connectivity index (χ0n) is 6.00. The Morgan fingerprint density at radius 2 is 2.36 bits per heavy atom. The average Bonchev–Trinajstić information content (AvgIpc) is 1.93. The lowest BCUT2D eigenvalue weighted by molar-refractivity contribution is 1.27. The smallest absolute Gasteiger partial charge is 0.128 e. The summed E-state index contributed by atoms with van der Waals surface area (Å²) in [5, 5.41) is 2.77. The first kappa shape index (κ1) is 8.36. The van der Waals surface area contributed by atoms with E-state index in [2.05, 4.69) is 35.1 Å². The van der Waals surface area contributed by atoms with Gasteiger partial charge >= 0.3 is 0 Å². The van der Waals surface area contributed by atoms with E-state index in [4.69, 9.17) is 0 Å². The molecule has 0 saturated carbocycles. The first-order valence-corrected chi connectivity index (χ1v) is 3.91. The highest BCUT2D eigenvalue weighted by atomic mass is 32.1. The number of pyridine rings is 1. The summed E-state index contributed by atoms with van der Waals surface area (Å²) in [6.45, 7) is 1.97. The fourth-order valence-corrected chi connectivity index (χ4v) is 0.855. The maximum absolute atomic E-state index is 4.67. The second kappa shape index (κ2) is 3.59. The molecular weight excluding hydrogens is 176 g/mol. The van der Waals surface area contributed by atoms with Gasteiger partial charge in [-0.3, -0.25) is 0 Å². The molecule has 0 spiro atoms. The molecular formula is C7H7N2S2-. The van der Waals surface area contributed by atoms with Gasteiger partial charge in [0.1, 0.15) is 5.82 Å². The van der Waals surface area contributed by atoms with E-state index in [-0.39, 0.29) is 0 Å². The standard InChI is InChI=1S/C7H8N2S2/c1-5-2-3-6(8-4-5)9-7(10)11/h2-4H,1H3,(H2,8,9,10,11)/p-1. The largest absolute Gasteiger partial charge is 0.411 e. The highest BCUT2D eigenvalue weighted by molar-refractivity contribution is 8.00. The molecule has 11 heavy (non-hydrogen) atoms. The zero-order valence-corrected chi connectivity index (χ0v) is 7.63. The molecule has 0 unspecified atom stereocenters. The van der Waals surface area contributed by atoms with Crippen LogP contribution in [0.25, 0.3) is 0 Å². The lowest BCUT2D eigenvalue weighted by atomic mass is 10.3. The van der Waals surface area contributed by atoms with Gasteiger partial charge in [-0.05, 0) is 18.6 Å². The van der Waals surface area contributed by atoms with Gasteiger partial charge < -0.3 is 30.2 Å². The molecule has 0 fully saturated rings. The van der Waals surface area contributed by atoms with E-state index >= 15 is 0 Å². The van der Waals surface area contributed by atoms with Gasteiger partial charge in [-0.2, -0.15) is 0 Å². The van der Waals surface area contributed by atoms with Crippen molar-refractivity contribution in [2.24, 2.45) is 0 Å². The Morgan fingerprint density at radius 1 is 1.64 bits per heavy atom. The number of anilines is 1. The Morgan fingerprint density at radius 3 is 2.82 bits per heavy atom. The van der Waals surface area contributed by atoms with Crippen molar-refractivity contribution in [3.05, 3.63) is 23.9 Å². The Bertz CT molecular complexity index is 256. The summed E-state index contributed by atoms with van der Waals surface area (Å²) in [5.41, 5.74) is 1.12. The fourth-order valence-electron chi connectivity index (χ4n) is 0.646. The third-order valence-corrected chi connectivity index (χ3v) is 1.35. The van der Waals surface area contributed by atoms with Gasteiger partial charge in [0, 0.05) is 6.20 Å². The molecule has 0 aliphatic heterocycles. The summed E-state index contributed by atoms with van der Waals surface area (Å²) < 4.78 is 0.321. The molecule has 1 heterocycles. The normalized spacial score (nSPS) is 9.18. The van der Waals surface area contributed by atoms with Crippen LogP contribution in [0.5, 0.6) is 0 Å². The molecule has 0 bridgehead atoms. The quantitative estimate of drug-likeness (QED) is 0.528. The van der Waals surface area contributed by atoms with E-state index in [0.29, 0.717) is 10.1 Å². The van der Waals surface area contributed by atoms with Gasteiger partial charge in [0.2, 0.25) is 0 Å². The van der Waals surface area contributed by atoms with Crippen LogP contribution < -0.4 is 5.32 Å². The summed E-state index contributed by atoms with van der Waals surface area (Å²) >= 11 is 9.35. The third kappa shape index (κ3) is 2.78. The average molecular weight is 183 g/mol. The fraction of sp³-hybridized carbons (Fsp3) is 0.143. The molecule has 1 rings (SSSR count). The van der Waals surface area contributed by atoms with E-state index in [1.54, 1.807) is 6.20 Å². The number of hydrogen-bond acceptors (Lipinski definition) is 3. The molecule has 58 valence electrons. The molecule has 0 radical (unpaired) electrons. The van der Waals surface area contributed by atoms with E-state index in [9.17, 15) is 0 Å². The van der Waals surface area contributed by atoms with Crippen LogP contribution >= 0.6 is 12.2 Å². The predicted octanol–water partition coefficient (Wildman–Crippen LogP) is 1.63. The van der Waals surface area contributed by atoms with Crippen LogP contribution in [0, 0.1) is 6.92 Å². The number of aryl methyl sites for hydroxylation is 1. The first-order chi connectivity index (χ1) is 5.18. The lowest BCUT2D eigenvalue weighted by Crippen LogP contribution is -2.05. The Kier molecular flexibility index (Phi) is 2.73. The van der Waals surface area contributed by atoms with Crippen LogP contribution in [0.15, 0.2) is 18.3 Å². The minimum absolute atomic E-state index is 0.321. The molecule has 0 saturated heterocycles. The van der Waals surface area contributed by atoms with Gasteiger partial charge in [0.15, 0.2) is 0 Å². The summed E-state index contributed by atoms with van der Waals surface area (Å²) in [7, 11) is 0. The predicted molar refractivity (Wildman–Crippen MR) is 52.6 cm³/mol. The topological polar surface area (TPSA) is 24.9 Å². The Labute approximate surface area is 76.4 Å². The van der Waals surface area contributed by atoms with Crippen LogP contribution in [0.3, 0.4) is 0 Å². The van der Waals surface area contributed by atoms with Crippen molar-refractivity contribution < 1.29 is 0 Å². The minimum Gasteiger partial charge on any atom is -0.411 e. The molecule has 4 heteroatoms. The van der Waals surface area contributed by atoms with E-state index in [1.807, 2.05) is 19.1 Å². The highest BCUT2D eigenvalue weighted by Crippen LogP contribution is 2.02. The zero-order chi connectivity index (χ0) is 8.27. The number of nitrogens with one attached hydrogen (secondary N) is 1. The molecule has 1 aromatic heterocycles. The number of hydrogen-bond donors (Lipinski definition) is 1.